The Hall–Kier alpha value is -5.17. The number of para-hydroxylation sites is 2. The number of aromatic amines is 1. The van der Waals surface area contributed by atoms with Crippen molar-refractivity contribution < 1.29 is 4.79 Å². The summed E-state index contributed by atoms with van der Waals surface area (Å²) in [6, 6.07) is 43.0. The topological polar surface area (TPSA) is 70.5 Å². The average molecular weight is 630 g/mol. The predicted molar refractivity (Wildman–Crippen MR) is 181 cm³/mol. The summed E-state index contributed by atoms with van der Waals surface area (Å²) in [6.45, 7) is 0. The fourth-order valence-electron chi connectivity index (χ4n) is 5.95. The lowest BCUT2D eigenvalue weighted by molar-refractivity contribution is -0.120. The number of H-pyrrole nitrogens is 1. The van der Waals surface area contributed by atoms with E-state index in [0.717, 1.165) is 11.1 Å². The van der Waals surface area contributed by atoms with E-state index >= 15 is 0 Å². The van der Waals surface area contributed by atoms with E-state index in [0.29, 0.717) is 44.0 Å². The van der Waals surface area contributed by atoms with Crippen molar-refractivity contribution in [2.75, 3.05) is 5.01 Å². The first-order chi connectivity index (χ1) is 22.0. The van der Waals surface area contributed by atoms with Crippen LogP contribution in [0.3, 0.4) is 0 Å². The number of benzene rings is 5. The Labute approximate surface area is 269 Å². The van der Waals surface area contributed by atoms with E-state index in [1.54, 1.807) is 18.2 Å². The molecule has 6 aromatic rings. The van der Waals surface area contributed by atoms with Crippen molar-refractivity contribution in [2.45, 2.75) is 5.92 Å². The first-order valence-electron chi connectivity index (χ1n) is 14.4. The molecule has 6 nitrogen and oxygen atoms in total. The van der Waals surface area contributed by atoms with Crippen LogP contribution in [0.4, 0.5) is 5.69 Å². The van der Waals surface area contributed by atoms with Crippen LogP contribution < -0.4 is 10.6 Å². The van der Waals surface area contributed by atoms with Crippen LogP contribution in [-0.2, 0) is 4.79 Å². The van der Waals surface area contributed by atoms with Crippen molar-refractivity contribution >= 4 is 40.5 Å². The minimum atomic E-state index is -0.901. The van der Waals surface area contributed by atoms with Crippen molar-refractivity contribution in [3.05, 3.63) is 177 Å². The third-order valence-electron chi connectivity index (χ3n) is 7.99. The molecule has 0 unspecified atom stereocenters. The van der Waals surface area contributed by atoms with Crippen molar-refractivity contribution in [1.82, 2.24) is 9.78 Å². The summed E-state index contributed by atoms with van der Waals surface area (Å²) in [4.78, 5) is 29.4. The molecule has 0 bridgehead atoms. The zero-order valence-electron chi connectivity index (χ0n) is 23.8. The minimum Gasteiger partial charge on any atom is -0.290 e. The predicted octanol–water partition coefficient (Wildman–Crippen LogP) is 8.34. The van der Waals surface area contributed by atoms with E-state index in [9.17, 15) is 9.59 Å². The lowest BCUT2D eigenvalue weighted by Gasteiger charge is -2.25. The monoisotopic (exact) mass is 628 g/mol. The Morgan fingerprint density at radius 1 is 0.667 bits per heavy atom. The van der Waals surface area contributed by atoms with Gasteiger partial charge in [0.15, 0.2) is 0 Å². The van der Waals surface area contributed by atoms with E-state index in [1.165, 1.54) is 9.69 Å². The quantitative estimate of drug-likeness (QED) is 0.193. The zero-order valence-corrected chi connectivity index (χ0v) is 25.4. The Balaban J connectivity index is 1.54. The van der Waals surface area contributed by atoms with Crippen molar-refractivity contribution in [2.24, 2.45) is 11.0 Å². The lowest BCUT2D eigenvalue weighted by atomic mass is 9.76. The van der Waals surface area contributed by atoms with Gasteiger partial charge in [0.05, 0.1) is 34.3 Å². The third-order valence-corrected chi connectivity index (χ3v) is 8.56. The highest BCUT2D eigenvalue weighted by Gasteiger charge is 2.46. The number of amides is 1. The first kappa shape index (κ1) is 28.6. The van der Waals surface area contributed by atoms with E-state index < -0.39 is 11.8 Å². The highest BCUT2D eigenvalue weighted by molar-refractivity contribution is 6.35. The fraction of sp³-hybridized carbons (Fsp3) is 0.0541. The number of hydrogen-bond acceptors (Lipinski definition) is 3. The van der Waals surface area contributed by atoms with Gasteiger partial charge in [-0.25, -0.2) is 4.68 Å². The molecule has 0 aliphatic carbocycles. The molecule has 1 aromatic heterocycles. The number of halogens is 2. The molecule has 0 radical (unpaired) electrons. The third kappa shape index (κ3) is 5.29. The maximum absolute atomic E-state index is 14.7. The van der Waals surface area contributed by atoms with Gasteiger partial charge >= 0.3 is 0 Å². The largest absolute Gasteiger partial charge is 0.290 e. The molecule has 0 fully saturated rings. The number of hydrogen-bond donors (Lipinski definition) is 1. The number of hydrazone groups is 1. The second-order valence-electron chi connectivity index (χ2n) is 10.7. The minimum absolute atomic E-state index is 0.276. The fourth-order valence-corrected chi connectivity index (χ4v) is 6.47. The molecule has 1 aliphatic rings. The molecule has 0 saturated heterocycles. The number of carbonyl (C=O) groups is 1. The van der Waals surface area contributed by atoms with Gasteiger partial charge in [0.2, 0.25) is 0 Å². The number of anilines is 1. The molecule has 7 rings (SSSR count). The van der Waals surface area contributed by atoms with E-state index in [4.69, 9.17) is 28.3 Å². The van der Waals surface area contributed by atoms with Crippen LogP contribution in [0, 0.1) is 5.92 Å². The number of rotatable bonds is 7. The SMILES string of the molecule is O=C1[C@H]([C@@H](c2ccc(Cl)cc2Cl)c2c(-c3ccccc3)[nH]n(-c3ccccc3)c2=O)C(c2ccccc2)=NN1c1ccccc1. The van der Waals surface area contributed by atoms with Gasteiger partial charge in [-0.2, -0.15) is 10.1 Å². The van der Waals surface area contributed by atoms with Crippen molar-refractivity contribution in [3.63, 3.8) is 0 Å². The molecule has 1 N–H and O–H groups in total. The van der Waals surface area contributed by atoms with Crippen LogP contribution in [0.25, 0.3) is 16.9 Å². The number of nitrogens with one attached hydrogen (secondary N) is 1. The van der Waals surface area contributed by atoms with Gasteiger partial charge in [0, 0.05) is 16.0 Å². The zero-order chi connectivity index (χ0) is 30.9. The van der Waals surface area contributed by atoms with Gasteiger partial charge in [-0.15, -0.1) is 0 Å². The van der Waals surface area contributed by atoms with E-state index in [1.807, 2.05) is 121 Å². The summed E-state index contributed by atoms with van der Waals surface area (Å²) < 4.78 is 1.52. The Morgan fingerprint density at radius 2 is 1.22 bits per heavy atom. The van der Waals surface area contributed by atoms with Crippen molar-refractivity contribution in [1.29, 1.82) is 0 Å². The summed E-state index contributed by atoms with van der Waals surface area (Å²) in [7, 11) is 0. The molecule has 1 amide bonds. The van der Waals surface area contributed by atoms with Gasteiger partial charge in [0.25, 0.3) is 11.5 Å². The summed E-state index contributed by atoms with van der Waals surface area (Å²) in [5.74, 6) is -2.01. The van der Waals surface area contributed by atoms with E-state index in [-0.39, 0.29) is 11.5 Å². The van der Waals surface area contributed by atoms with Crippen LogP contribution in [0.2, 0.25) is 10.0 Å². The number of carbonyl (C=O) groups excluding carboxylic acids is 1. The second-order valence-corrected chi connectivity index (χ2v) is 11.5. The molecule has 0 spiro atoms. The summed E-state index contributed by atoms with van der Waals surface area (Å²) in [5.41, 5.74) is 4.64. The summed E-state index contributed by atoms with van der Waals surface area (Å²) >= 11 is 13.3. The Bertz CT molecular complexity index is 2080. The Kier molecular flexibility index (Phi) is 7.67. The molecule has 2 heterocycles. The van der Waals surface area contributed by atoms with Gasteiger partial charge in [-0.3, -0.25) is 14.7 Å². The van der Waals surface area contributed by atoms with Gasteiger partial charge in [0.1, 0.15) is 0 Å². The molecule has 45 heavy (non-hydrogen) atoms. The summed E-state index contributed by atoms with van der Waals surface area (Å²) in [6.07, 6.45) is 0. The highest BCUT2D eigenvalue weighted by atomic mass is 35.5. The molecular weight excluding hydrogens is 603 g/mol. The molecule has 2 atom stereocenters. The van der Waals surface area contributed by atoms with Crippen LogP contribution in [0.1, 0.15) is 22.6 Å². The van der Waals surface area contributed by atoms with Gasteiger partial charge in [-0.05, 0) is 53.1 Å². The van der Waals surface area contributed by atoms with Crippen molar-refractivity contribution in [3.8, 4) is 16.9 Å². The molecule has 5 aromatic carbocycles. The summed E-state index contributed by atoms with van der Waals surface area (Å²) in [5, 5.41) is 10.5. The van der Waals surface area contributed by atoms with Crippen LogP contribution in [0.5, 0.6) is 0 Å². The lowest BCUT2D eigenvalue weighted by Crippen LogP contribution is -2.35. The van der Waals surface area contributed by atoms with E-state index in [2.05, 4.69) is 5.10 Å². The average Bonchev–Trinajstić information content (AvgIpc) is 3.61. The Morgan fingerprint density at radius 3 is 1.82 bits per heavy atom. The highest BCUT2D eigenvalue weighted by Crippen LogP contribution is 2.44. The molecule has 220 valence electrons. The van der Waals surface area contributed by atoms with Gasteiger partial charge < -0.3 is 0 Å². The molecule has 1 aliphatic heterocycles. The van der Waals surface area contributed by atoms with Crippen LogP contribution >= 0.6 is 23.2 Å². The maximum Gasteiger partial charge on any atom is 0.275 e. The molecular formula is C37H26Cl2N4O2. The maximum atomic E-state index is 14.7. The van der Waals surface area contributed by atoms with Crippen LogP contribution in [-0.4, -0.2) is 21.4 Å². The van der Waals surface area contributed by atoms with Gasteiger partial charge in [-0.1, -0.05) is 126 Å². The normalized spacial score (nSPS) is 15.2. The standard InChI is InChI=1S/C37H26Cl2N4O2/c38-26-21-22-29(30(39)23-26)31(32-34(24-13-5-1-6-14-24)40-42(36(32)44)27-17-9-3-10-18-27)33-35(25-15-7-2-8-16-25)41-43(37(33)45)28-19-11-4-12-20-28/h1-23,31-32,41H/t31-,32-/m1/s1. The first-order valence-corrected chi connectivity index (χ1v) is 15.2. The molecule has 0 saturated carbocycles. The smallest absolute Gasteiger partial charge is 0.275 e. The number of aromatic nitrogens is 2. The molecule has 8 heteroatoms. The number of nitrogens with zero attached hydrogens (tertiary/aromatic N) is 3. The second kappa shape index (κ2) is 12.1. The van der Waals surface area contributed by atoms with Crippen LogP contribution in [0.15, 0.2) is 149 Å².